The lowest BCUT2D eigenvalue weighted by Crippen LogP contribution is -2.37. The highest BCUT2D eigenvalue weighted by Gasteiger charge is 2.39. The Balaban J connectivity index is 2.08. The molecule has 0 heterocycles. The zero-order valence-corrected chi connectivity index (χ0v) is 6.29. The Kier molecular flexibility index (Phi) is 1.46. The van der Waals surface area contributed by atoms with Crippen molar-refractivity contribution in [3.63, 3.8) is 0 Å². The van der Waals surface area contributed by atoms with Gasteiger partial charge in [-0.05, 0) is 24.7 Å². The van der Waals surface area contributed by atoms with E-state index in [0.29, 0.717) is 11.8 Å². The van der Waals surface area contributed by atoms with E-state index in [4.69, 9.17) is 5.84 Å². The van der Waals surface area contributed by atoms with Gasteiger partial charge in [0.05, 0.1) is 0 Å². The summed E-state index contributed by atoms with van der Waals surface area (Å²) >= 11 is 0. The van der Waals surface area contributed by atoms with Crippen molar-refractivity contribution in [2.24, 2.45) is 23.6 Å². The number of allylic oxidation sites excluding steroid dienone is 2. The molecule has 0 radical (unpaired) electrons. The molecule has 60 valence electrons. The molecular formula is C8H12N2O. The summed E-state index contributed by atoms with van der Waals surface area (Å²) in [7, 11) is 0. The van der Waals surface area contributed by atoms with Gasteiger partial charge in [-0.1, -0.05) is 12.2 Å². The van der Waals surface area contributed by atoms with Crippen LogP contribution in [0, 0.1) is 17.8 Å². The van der Waals surface area contributed by atoms with Crippen LogP contribution < -0.4 is 11.3 Å². The van der Waals surface area contributed by atoms with Crippen LogP contribution in [0.15, 0.2) is 12.2 Å². The fourth-order valence-corrected chi connectivity index (χ4v) is 2.19. The molecule has 3 N–H and O–H groups in total. The normalized spacial score (nSPS) is 39.5. The molecule has 2 aliphatic carbocycles. The van der Waals surface area contributed by atoms with E-state index in [-0.39, 0.29) is 11.8 Å². The predicted octanol–water partition coefficient (Wildman–Crippen LogP) is 0.188. The Hall–Kier alpha value is -0.830. The van der Waals surface area contributed by atoms with Crippen LogP contribution in [-0.4, -0.2) is 5.91 Å². The second-order valence-electron chi connectivity index (χ2n) is 3.40. The van der Waals surface area contributed by atoms with Gasteiger partial charge in [0.2, 0.25) is 5.91 Å². The van der Waals surface area contributed by atoms with Crippen LogP contribution in [0.3, 0.4) is 0 Å². The number of nitrogens with two attached hydrogens (primary N) is 1. The number of fused-ring (bicyclic) bond motifs is 2. The molecule has 3 heteroatoms. The van der Waals surface area contributed by atoms with Crippen LogP contribution in [-0.2, 0) is 4.79 Å². The maximum Gasteiger partial charge on any atom is 0.237 e. The number of hydrazine groups is 1. The van der Waals surface area contributed by atoms with E-state index in [2.05, 4.69) is 17.6 Å². The lowest BCUT2D eigenvalue weighted by molar-refractivity contribution is -0.125. The van der Waals surface area contributed by atoms with Gasteiger partial charge in [-0.15, -0.1) is 0 Å². The maximum absolute atomic E-state index is 11.1. The third-order valence-corrected chi connectivity index (χ3v) is 2.76. The number of nitrogens with one attached hydrogen (secondary N) is 1. The number of hydrogen-bond donors (Lipinski definition) is 2. The molecule has 2 rings (SSSR count). The summed E-state index contributed by atoms with van der Waals surface area (Å²) in [5.74, 6) is 6.31. The van der Waals surface area contributed by atoms with E-state index in [1.807, 2.05) is 0 Å². The molecule has 0 spiro atoms. The van der Waals surface area contributed by atoms with Gasteiger partial charge in [0.1, 0.15) is 0 Å². The van der Waals surface area contributed by atoms with Crippen LogP contribution in [0.25, 0.3) is 0 Å². The molecule has 2 bridgehead atoms. The summed E-state index contributed by atoms with van der Waals surface area (Å²) in [5, 5.41) is 0. The van der Waals surface area contributed by atoms with E-state index < -0.39 is 0 Å². The summed E-state index contributed by atoms with van der Waals surface area (Å²) in [6.45, 7) is 0. The first kappa shape index (κ1) is 6.85. The Morgan fingerprint density at radius 1 is 1.45 bits per heavy atom. The number of carbonyl (C=O) groups is 1. The average Bonchev–Trinajstić information content (AvgIpc) is 2.62. The zero-order chi connectivity index (χ0) is 7.84. The van der Waals surface area contributed by atoms with E-state index in [1.165, 1.54) is 0 Å². The van der Waals surface area contributed by atoms with Gasteiger partial charge in [-0.25, -0.2) is 5.84 Å². The summed E-state index contributed by atoms with van der Waals surface area (Å²) in [5.41, 5.74) is 2.22. The molecule has 2 aliphatic rings. The van der Waals surface area contributed by atoms with Crippen molar-refractivity contribution < 1.29 is 4.79 Å². The highest BCUT2D eigenvalue weighted by molar-refractivity contribution is 5.79. The minimum absolute atomic E-state index is 0.00171. The molecule has 11 heavy (non-hydrogen) atoms. The van der Waals surface area contributed by atoms with Crippen LogP contribution in [0.1, 0.15) is 12.8 Å². The third kappa shape index (κ3) is 0.959. The summed E-state index contributed by atoms with van der Waals surface area (Å²) < 4.78 is 0. The Morgan fingerprint density at radius 3 is 2.73 bits per heavy atom. The van der Waals surface area contributed by atoms with Gasteiger partial charge in [0, 0.05) is 5.92 Å². The van der Waals surface area contributed by atoms with Crippen LogP contribution >= 0.6 is 0 Å². The summed E-state index contributed by atoms with van der Waals surface area (Å²) in [6.07, 6.45) is 6.50. The lowest BCUT2D eigenvalue weighted by Gasteiger charge is -2.15. The molecule has 0 aromatic carbocycles. The smallest absolute Gasteiger partial charge is 0.237 e. The van der Waals surface area contributed by atoms with Crippen LogP contribution in [0.2, 0.25) is 0 Å². The SMILES string of the molecule is NNC(=O)[C@H]1C[C@@H]2C=C[C@@H]1C2. The van der Waals surface area contributed by atoms with Crippen LogP contribution in [0.4, 0.5) is 0 Å². The fraction of sp³-hybridized carbons (Fsp3) is 0.625. The zero-order valence-electron chi connectivity index (χ0n) is 6.29. The molecule has 3 atom stereocenters. The maximum atomic E-state index is 11.1. The molecule has 1 saturated carbocycles. The largest absolute Gasteiger partial charge is 0.294 e. The van der Waals surface area contributed by atoms with Gasteiger partial charge in [-0.2, -0.15) is 0 Å². The summed E-state index contributed by atoms with van der Waals surface area (Å²) in [6, 6.07) is 0. The second-order valence-corrected chi connectivity index (χ2v) is 3.40. The highest BCUT2D eigenvalue weighted by Crippen LogP contribution is 2.43. The van der Waals surface area contributed by atoms with Gasteiger partial charge in [0.15, 0.2) is 0 Å². The highest BCUT2D eigenvalue weighted by atomic mass is 16.2. The molecule has 1 amide bonds. The summed E-state index contributed by atoms with van der Waals surface area (Å²) in [4.78, 5) is 11.1. The van der Waals surface area contributed by atoms with E-state index in [0.717, 1.165) is 12.8 Å². The minimum atomic E-state index is 0.00171. The Labute approximate surface area is 65.6 Å². The monoisotopic (exact) mass is 152 g/mol. The van der Waals surface area contributed by atoms with Crippen molar-refractivity contribution >= 4 is 5.91 Å². The molecular weight excluding hydrogens is 140 g/mol. The number of carbonyl (C=O) groups excluding carboxylic acids is 1. The van der Waals surface area contributed by atoms with Gasteiger partial charge in [0.25, 0.3) is 0 Å². The van der Waals surface area contributed by atoms with Crippen molar-refractivity contribution in [2.75, 3.05) is 0 Å². The first-order valence-electron chi connectivity index (χ1n) is 4.00. The van der Waals surface area contributed by atoms with Crippen molar-refractivity contribution in [3.05, 3.63) is 12.2 Å². The fourth-order valence-electron chi connectivity index (χ4n) is 2.19. The molecule has 0 aromatic heterocycles. The van der Waals surface area contributed by atoms with Crippen molar-refractivity contribution in [3.8, 4) is 0 Å². The molecule has 0 unspecified atom stereocenters. The first-order valence-corrected chi connectivity index (χ1v) is 4.00. The quantitative estimate of drug-likeness (QED) is 0.244. The Bertz CT molecular complexity index is 212. The van der Waals surface area contributed by atoms with Crippen molar-refractivity contribution in [1.29, 1.82) is 0 Å². The average molecular weight is 152 g/mol. The van der Waals surface area contributed by atoms with E-state index in [9.17, 15) is 4.79 Å². The van der Waals surface area contributed by atoms with Gasteiger partial charge < -0.3 is 0 Å². The number of rotatable bonds is 1. The Morgan fingerprint density at radius 2 is 2.27 bits per heavy atom. The number of hydrogen-bond acceptors (Lipinski definition) is 2. The standard InChI is InChI=1S/C8H12N2O/c9-10-8(11)7-4-5-1-2-6(7)3-5/h1-2,5-7H,3-4,9H2,(H,10,11)/t5-,6-,7+/m1/s1. The first-order chi connectivity index (χ1) is 5.31. The topological polar surface area (TPSA) is 55.1 Å². The van der Waals surface area contributed by atoms with Gasteiger partial charge in [-0.3, -0.25) is 10.2 Å². The predicted molar refractivity (Wildman–Crippen MR) is 41.2 cm³/mol. The molecule has 0 saturated heterocycles. The van der Waals surface area contributed by atoms with E-state index >= 15 is 0 Å². The third-order valence-electron chi connectivity index (χ3n) is 2.76. The van der Waals surface area contributed by atoms with Crippen LogP contribution in [0.5, 0.6) is 0 Å². The van der Waals surface area contributed by atoms with E-state index in [1.54, 1.807) is 0 Å². The molecule has 3 nitrogen and oxygen atoms in total. The number of amides is 1. The van der Waals surface area contributed by atoms with Crippen molar-refractivity contribution in [1.82, 2.24) is 5.43 Å². The molecule has 1 fully saturated rings. The van der Waals surface area contributed by atoms with Gasteiger partial charge >= 0.3 is 0 Å². The molecule has 0 aromatic rings. The molecule has 0 aliphatic heterocycles. The lowest BCUT2D eigenvalue weighted by atomic mass is 9.93. The second kappa shape index (κ2) is 2.34. The minimum Gasteiger partial charge on any atom is -0.294 e. The van der Waals surface area contributed by atoms with Crippen molar-refractivity contribution in [2.45, 2.75) is 12.8 Å².